The fourth-order valence-corrected chi connectivity index (χ4v) is 2.90. The number of nitrogens with one attached hydrogen (secondary N) is 1. The van der Waals surface area contributed by atoms with E-state index in [1.165, 1.54) is 31.4 Å². The summed E-state index contributed by atoms with van der Waals surface area (Å²) >= 11 is 0. The van der Waals surface area contributed by atoms with Crippen LogP contribution in [-0.4, -0.2) is 37.5 Å². The van der Waals surface area contributed by atoms with E-state index in [4.69, 9.17) is 21.9 Å². The van der Waals surface area contributed by atoms with Crippen molar-refractivity contribution in [3.05, 3.63) is 70.5 Å². The minimum atomic E-state index is -4.48. The molecule has 0 aliphatic rings. The zero-order chi connectivity index (χ0) is 26.3. The molecule has 188 valence electrons. The maximum atomic E-state index is 13.5. The summed E-state index contributed by atoms with van der Waals surface area (Å²) < 4.78 is 56.7. The molecule has 0 aliphatic heterocycles. The lowest BCUT2D eigenvalue weighted by Gasteiger charge is -2.14. The van der Waals surface area contributed by atoms with Crippen molar-refractivity contribution in [2.24, 2.45) is 28.1 Å². The molecule has 2 amide bonds. The summed E-state index contributed by atoms with van der Waals surface area (Å²) in [5, 5.41) is 2.63. The van der Waals surface area contributed by atoms with Crippen molar-refractivity contribution in [3.63, 3.8) is 0 Å². The number of amides is 2. The van der Waals surface area contributed by atoms with Crippen molar-refractivity contribution in [1.29, 1.82) is 0 Å². The third-order valence-electron chi connectivity index (χ3n) is 4.99. The summed E-state index contributed by atoms with van der Waals surface area (Å²) in [4.78, 5) is 27.9. The highest BCUT2D eigenvalue weighted by Crippen LogP contribution is 2.26. The molecule has 0 radical (unpaired) electrons. The first-order chi connectivity index (χ1) is 16.3. The lowest BCUT2D eigenvalue weighted by molar-refractivity contribution is -0.166. The Morgan fingerprint density at radius 3 is 2.26 bits per heavy atom. The van der Waals surface area contributed by atoms with E-state index in [0.29, 0.717) is 11.1 Å². The van der Waals surface area contributed by atoms with E-state index >= 15 is 0 Å². The number of hydrogen-bond acceptors (Lipinski definition) is 5. The first-order valence-corrected chi connectivity index (χ1v) is 10.2. The fourth-order valence-electron chi connectivity index (χ4n) is 2.90. The Labute approximate surface area is 198 Å². The second kappa shape index (κ2) is 11.4. The van der Waals surface area contributed by atoms with Gasteiger partial charge in [0, 0.05) is 6.54 Å². The summed E-state index contributed by atoms with van der Waals surface area (Å²) in [5.74, 6) is -4.28. The smallest absolute Gasteiger partial charge is 0.393 e. The lowest BCUT2D eigenvalue weighted by atomic mass is 10.0. The summed E-state index contributed by atoms with van der Waals surface area (Å²) in [6.45, 7) is 0.299. The number of nitrogens with zero attached hydrogens (tertiary/aromatic N) is 1. The molecule has 35 heavy (non-hydrogen) atoms. The van der Waals surface area contributed by atoms with Gasteiger partial charge in [-0.1, -0.05) is 31.2 Å². The molecule has 0 heterocycles. The molecule has 0 saturated heterocycles. The van der Waals surface area contributed by atoms with Crippen molar-refractivity contribution >= 4 is 23.3 Å². The minimum Gasteiger partial charge on any atom is -0.496 e. The summed E-state index contributed by atoms with van der Waals surface area (Å²) in [6, 6.07) is 9.74. The highest BCUT2D eigenvalue weighted by atomic mass is 19.4. The number of hydrogen-bond donors (Lipinski definition) is 4. The largest absolute Gasteiger partial charge is 0.496 e. The van der Waals surface area contributed by atoms with E-state index in [0.717, 1.165) is 13.0 Å². The first kappa shape index (κ1) is 27.2. The average molecular weight is 495 g/mol. The van der Waals surface area contributed by atoms with Gasteiger partial charge in [-0.2, -0.15) is 13.2 Å². The normalized spacial score (nSPS) is 13.6. The molecule has 2 aromatic rings. The molecule has 12 heteroatoms. The van der Waals surface area contributed by atoms with Crippen LogP contribution >= 0.6 is 0 Å². The SMILES string of the molecule is COc1ccc(F)cc1C(=O)NCc1ccc(C(N)=C(C(N)=O)C(N)=NCC(C)C(F)(F)F)cc1. The zero-order valence-electron chi connectivity index (χ0n) is 18.9. The third-order valence-corrected chi connectivity index (χ3v) is 4.99. The Morgan fingerprint density at radius 2 is 1.71 bits per heavy atom. The van der Waals surface area contributed by atoms with Crippen LogP contribution in [0.2, 0.25) is 0 Å². The van der Waals surface area contributed by atoms with E-state index < -0.39 is 47.7 Å². The highest BCUT2D eigenvalue weighted by Gasteiger charge is 2.35. The van der Waals surface area contributed by atoms with Crippen LogP contribution < -0.4 is 27.3 Å². The number of methoxy groups -OCH3 is 1. The van der Waals surface area contributed by atoms with Gasteiger partial charge in [-0.3, -0.25) is 14.6 Å². The van der Waals surface area contributed by atoms with Crippen LogP contribution in [0, 0.1) is 11.7 Å². The lowest BCUT2D eigenvalue weighted by Crippen LogP contribution is -2.31. The van der Waals surface area contributed by atoms with E-state index in [1.54, 1.807) is 12.1 Å². The number of benzene rings is 2. The van der Waals surface area contributed by atoms with Crippen molar-refractivity contribution in [1.82, 2.24) is 5.32 Å². The molecular weight excluding hydrogens is 470 g/mol. The first-order valence-electron chi connectivity index (χ1n) is 10.2. The molecule has 2 rings (SSSR count). The topological polar surface area (TPSA) is 146 Å². The van der Waals surface area contributed by atoms with Crippen LogP contribution in [-0.2, 0) is 11.3 Å². The van der Waals surface area contributed by atoms with Crippen molar-refractivity contribution in [2.45, 2.75) is 19.6 Å². The molecule has 0 fully saturated rings. The summed E-state index contributed by atoms with van der Waals surface area (Å²) in [7, 11) is 1.36. The zero-order valence-corrected chi connectivity index (χ0v) is 18.9. The van der Waals surface area contributed by atoms with Gasteiger partial charge in [0.2, 0.25) is 0 Å². The van der Waals surface area contributed by atoms with Gasteiger partial charge in [0.15, 0.2) is 0 Å². The molecule has 1 atom stereocenters. The molecule has 2 aromatic carbocycles. The molecule has 1 unspecified atom stereocenters. The third kappa shape index (κ3) is 7.19. The number of carbonyl (C=O) groups excluding carboxylic acids is 2. The predicted octanol–water partition coefficient (Wildman–Crippen LogP) is 2.48. The fraction of sp³-hybridized carbons (Fsp3) is 0.261. The number of primary amides is 1. The van der Waals surface area contributed by atoms with Crippen LogP contribution in [0.1, 0.15) is 28.4 Å². The minimum absolute atomic E-state index is 0.0250. The highest BCUT2D eigenvalue weighted by molar-refractivity contribution is 6.24. The van der Waals surface area contributed by atoms with Crippen molar-refractivity contribution < 1.29 is 31.9 Å². The van der Waals surface area contributed by atoms with Gasteiger partial charge in [0.1, 0.15) is 23.0 Å². The van der Waals surface area contributed by atoms with Crippen LogP contribution in [0.25, 0.3) is 5.70 Å². The quantitative estimate of drug-likeness (QED) is 0.183. The van der Waals surface area contributed by atoms with Gasteiger partial charge in [0.25, 0.3) is 11.8 Å². The second-order valence-corrected chi connectivity index (χ2v) is 7.55. The standard InChI is InChI=1S/C23H25F4N5O3/c1-12(23(25,26)27)10-31-20(29)18(21(30)33)19(28)14-5-3-13(4-6-14)11-32-22(34)16-9-15(24)7-8-17(16)35-2/h3-9,12H,10-11,28H2,1-2H3,(H2,29,31)(H2,30,33)(H,32,34). The van der Waals surface area contributed by atoms with Crippen molar-refractivity contribution in [3.8, 4) is 5.75 Å². The molecular formula is C23H25F4N5O3. The average Bonchev–Trinajstić information content (AvgIpc) is 2.80. The van der Waals surface area contributed by atoms with Crippen LogP contribution in [0.5, 0.6) is 5.75 Å². The van der Waals surface area contributed by atoms with E-state index in [-0.39, 0.29) is 23.6 Å². The number of amidine groups is 1. The Kier molecular flexibility index (Phi) is 8.81. The Bertz CT molecular complexity index is 1140. The molecule has 0 aliphatic carbocycles. The van der Waals surface area contributed by atoms with Crippen LogP contribution in [0.3, 0.4) is 0 Å². The van der Waals surface area contributed by atoms with Gasteiger partial charge in [-0.25, -0.2) is 4.39 Å². The van der Waals surface area contributed by atoms with Gasteiger partial charge in [0.05, 0.1) is 30.8 Å². The Hall–Kier alpha value is -4.09. The molecule has 0 bridgehead atoms. The molecule has 0 saturated carbocycles. The molecule has 0 spiro atoms. The number of nitrogens with two attached hydrogens (primary N) is 3. The maximum absolute atomic E-state index is 13.5. The van der Waals surface area contributed by atoms with Gasteiger partial charge in [-0.05, 0) is 29.3 Å². The number of halogens is 4. The van der Waals surface area contributed by atoms with E-state index in [1.807, 2.05) is 0 Å². The predicted molar refractivity (Wildman–Crippen MR) is 123 cm³/mol. The van der Waals surface area contributed by atoms with Crippen LogP contribution in [0.4, 0.5) is 17.6 Å². The summed E-state index contributed by atoms with van der Waals surface area (Å²) in [6.07, 6.45) is -4.48. The summed E-state index contributed by atoms with van der Waals surface area (Å²) in [5.41, 5.74) is 17.4. The second-order valence-electron chi connectivity index (χ2n) is 7.55. The van der Waals surface area contributed by atoms with Gasteiger partial charge < -0.3 is 27.3 Å². The number of rotatable bonds is 9. The maximum Gasteiger partial charge on any atom is 0.393 e. The number of aliphatic imine (C=N–C) groups is 1. The number of carbonyl (C=O) groups is 2. The number of alkyl halides is 3. The van der Waals surface area contributed by atoms with Gasteiger partial charge >= 0.3 is 6.18 Å². The molecule has 0 aromatic heterocycles. The van der Waals surface area contributed by atoms with Gasteiger partial charge in [-0.15, -0.1) is 0 Å². The molecule has 7 N–H and O–H groups in total. The van der Waals surface area contributed by atoms with Crippen LogP contribution in [0.15, 0.2) is 53.0 Å². The monoisotopic (exact) mass is 495 g/mol. The number of ether oxygens (including phenoxy) is 1. The molecule has 8 nitrogen and oxygen atoms in total. The Balaban J connectivity index is 2.18. The van der Waals surface area contributed by atoms with Crippen molar-refractivity contribution in [2.75, 3.05) is 13.7 Å². The Morgan fingerprint density at radius 1 is 1.09 bits per heavy atom. The van der Waals surface area contributed by atoms with E-state index in [9.17, 15) is 27.2 Å². The van der Waals surface area contributed by atoms with E-state index in [2.05, 4.69) is 10.3 Å².